The Bertz CT molecular complexity index is 1030. The highest BCUT2D eigenvalue weighted by Gasteiger charge is 2.50. The zero-order chi connectivity index (χ0) is 20.8. The second-order valence-corrected chi connectivity index (χ2v) is 8.73. The summed E-state index contributed by atoms with van der Waals surface area (Å²) in [7, 11) is -4.23. The van der Waals surface area contributed by atoms with Crippen LogP contribution in [0.25, 0.3) is 0 Å². The van der Waals surface area contributed by atoms with Crippen molar-refractivity contribution < 1.29 is 30.5 Å². The highest BCUT2D eigenvalue weighted by Crippen LogP contribution is 2.54. The number of rotatable bonds is 5. The zero-order valence-electron chi connectivity index (χ0n) is 15.5. The number of hydrogen-bond acceptors (Lipinski definition) is 6. The van der Waals surface area contributed by atoms with Crippen LogP contribution >= 0.6 is 0 Å². The molecule has 0 saturated heterocycles. The molecule has 1 N–H and O–H groups in total. The van der Waals surface area contributed by atoms with E-state index in [9.17, 15) is 21.6 Å². The molecule has 2 aromatic rings. The Morgan fingerprint density at radius 2 is 1.76 bits per heavy atom. The van der Waals surface area contributed by atoms with Crippen LogP contribution in [0.2, 0.25) is 0 Å². The van der Waals surface area contributed by atoms with Gasteiger partial charge in [0.1, 0.15) is 5.75 Å². The van der Waals surface area contributed by atoms with Crippen LogP contribution in [0.3, 0.4) is 0 Å². The summed E-state index contributed by atoms with van der Waals surface area (Å²) in [5, 5.41) is 3.24. The second-order valence-electron chi connectivity index (χ2n) is 7.19. The van der Waals surface area contributed by atoms with E-state index in [-0.39, 0.29) is 11.8 Å². The van der Waals surface area contributed by atoms with Crippen molar-refractivity contribution in [3.8, 4) is 11.6 Å². The Morgan fingerprint density at radius 1 is 1.10 bits per heavy atom. The molecule has 1 aromatic heterocycles. The van der Waals surface area contributed by atoms with Crippen LogP contribution in [0.15, 0.2) is 30.5 Å². The third-order valence-corrected chi connectivity index (χ3v) is 6.43. The van der Waals surface area contributed by atoms with Gasteiger partial charge in [-0.15, -0.1) is 0 Å². The molecule has 0 unspecified atom stereocenters. The van der Waals surface area contributed by atoms with E-state index in [1.165, 1.54) is 6.20 Å². The van der Waals surface area contributed by atoms with Crippen molar-refractivity contribution in [2.45, 2.75) is 43.0 Å². The number of nitrogens with zero attached hydrogens (tertiary/aromatic N) is 1. The first-order chi connectivity index (χ1) is 13.7. The molecule has 3 aliphatic rings. The fourth-order valence-electron chi connectivity index (χ4n) is 4.20. The number of fused-ring (bicyclic) bond motifs is 2. The first-order valence-electron chi connectivity index (χ1n) is 9.14. The molecule has 156 valence electrons. The van der Waals surface area contributed by atoms with Gasteiger partial charge in [-0.2, -0.15) is 21.6 Å². The van der Waals surface area contributed by atoms with Crippen LogP contribution in [0.5, 0.6) is 11.6 Å². The van der Waals surface area contributed by atoms with Gasteiger partial charge in [0.05, 0.1) is 19.0 Å². The molecule has 0 radical (unpaired) electrons. The molecule has 0 atom stereocenters. The van der Waals surface area contributed by atoms with Crippen LogP contribution in [0.1, 0.15) is 48.6 Å². The summed E-state index contributed by atoms with van der Waals surface area (Å²) in [6, 6.07) is 7.21. The van der Waals surface area contributed by atoms with Crippen molar-refractivity contribution in [2.24, 2.45) is 0 Å². The number of alkyl halides is 3. The highest BCUT2D eigenvalue weighted by molar-refractivity contribution is 7.87. The summed E-state index contributed by atoms with van der Waals surface area (Å²) >= 11 is 0. The highest BCUT2D eigenvalue weighted by atomic mass is 32.2. The number of ether oxygens (including phenoxy) is 1. The Hall–Kier alpha value is -2.49. The summed E-state index contributed by atoms with van der Waals surface area (Å²) in [6.45, 7) is 0. The van der Waals surface area contributed by atoms with Gasteiger partial charge in [0.2, 0.25) is 5.88 Å². The molecule has 29 heavy (non-hydrogen) atoms. The number of aromatic nitrogens is 1. The van der Waals surface area contributed by atoms with Gasteiger partial charge in [0.15, 0.2) is 0 Å². The Kier molecular flexibility index (Phi) is 4.84. The molecule has 2 bridgehead atoms. The first kappa shape index (κ1) is 19.8. The lowest BCUT2D eigenvalue weighted by molar-refractivity contribution is -0.0501. The third kappa shape index (κ3) is 3.61. The van der Waals surface area contributed by atoms with Gasteiger partial charge in [-0.05, 0) is 55.2 Å². The van der Waals surface area contributed by atoms with Crippen LogP contribution < -0.4 is 14.2 Å². The molecule has 6 nitrogen and oxygen atoms in total. The molecule has 5 rings (SSSR count). The summed E-state index contributed by atoms with van der Waals surface area (Å²) in [5.74, 6) is 0.215. The SMILES string of the molecule is COc1cccc(Nc2cnc(OS(=O)(=O)C(F)(F)F)c3c2C2CCC3CC2)c1. The van der Waals surface area contributed by atoms with Crippen LogP contribution in [0.4, 0.5) is 24.5 Å². The smallest absolute Gasteiger partial charge is 0.497 e. The van der Waals surface area contributed by atoms with Gasteiger partial charge in [0, 0.05) is 17.3 Å². The molecule has 0 amide bonds. The molecule has 3 aliphatic carbocycles. The first-order valence-corrected chi connectivity index (χ1v) is 10.5. The van der Waals surface area contributed by atoms with Crippen LogP contribution in [-0.4, -0.2) is 26.0 Å². The predicted molar refractivity (Wildman–Crippen MR) is 100 cm³/mol. The number of anilines is 2. The van der Waals surface area contributed by atoms with E-state index in [0.717, 1.165) is 36.9 Å². The number of methoxy groups -OCH3 is 1. The van der Waals surface area contributed by atoms with E-state index in [4.69, 9.17) is 4.74 Å². The van der Waals surface area contributed by atoms with Crippen molar-refractivity contribution in [3.63, 3.8) is 0 Å². The number of halogens is 3. The Balaban J connectivity index is 1.77. The lowest BCUT2D eigenvalue weighted by atomic mass is 9.67. The molecule has 1 saturated carbocycles. The average molecular weight is 428 g/mol. The summed E-state index contributed by atoms with van der Waals surface area (Å²) in [6.07, 6.45) is 4.65. The topological polar surface area (TPSA) is 77.5 Å². The molecular weight excluding hydrogens is 409 g/mol. The molecule has 1 fully saturated rings. The van der Waals surface area contributed by atoms with Gasteiger partial charge in [-0.25, -0.2) is 4.98 Å². The van der Waals surface area contributed by atoms with E-state index in [1.807, 2.05) is 6.07 Å². The number of pyridine rings is 1. The van der Waals surface area contributed by atoms with Crippen LogP contribution in [0, 0.1) is 0 Å². The molecule has 10 heteroatoms. The third-order valence-electron chi connectivity index (χ3n) is 5.49. The molecular formula is C19H19F3N2O4S. The normalized spacial score (nSPS) is 20.8. The molecule has 0 spiro atoms. The largest absolute Gasteiger partial charge is 0.534 e. The van der Waals surface area contributed by atoms with Crippen molar-refractivity contribution in [2.75, 3.05) is 12.4 Å². The lowest BCUT2D eigenvalue weighted by Crippen LogP contribution is -2.30. The lowest BCUT2D eigenvalue weighted by Gasteiger charge is -2.39. The van der Waals surface area contributed by atoms with Crippen LogP contribution in [-0.2, 0) is 10.1 Å². The monoisotopic (exact) mass is 428 g/mol. The summed E-state index contributed by atoms with van der Waals surface area (Å²) in [4.78, 5) is 3.95. The minimum Gasteiger partial charge on any atom is -0.497 e. The Labute approximate surface area is 166 Å². The van der Waals surface area contributed by atoms with Gasteiger partial charge < -0.3 is 14.2 Å². The average Bonchev–Trinajstić information content (AvgIpc) is 2.69. The van der Waals surface area contributed by atoms with E-state index in [0.29, 0.717) is 17.0 Å². The second kappa shape index (κ2) is 7.08. The van der Waals surface area contributed by atoms with E-state index in [2.05, 4.69) is 14.5 Å². The van der Waals surface area contributed by atoms with Crippen molar-refractivity contribution in [1.82, 2.24) is 4.98 Å². The molecule has 1 aromatic carbocycles. The minimum atomic E-state index is -5.78. The van der Waals surface area contributed by atoms with Gasteiger partial charge in [0.25, 0.3) is 0 Å². The van der Waals surface area contributed by atoms with Gasteiger partial charge in [-0.1, -0.05) is 6.07 Å². The summed E-state index contributed by atoms with van der Waals surface area (Å²) < 4.78 is 71.2. The van der Waals surface area contributed by atoms with Crippen molar-refractivity contribution in [3.05, 3.63) is 41.6 Å². The minimum absolute atomic E-state index is 0.0759. The van der Waals surface area contributed by atoms with E-state index >= 15 is 0 Å². The number of benzene rings is 1. The van der Waals surface area contributed by atoms with Gasteiger partial charge in [-0.3, -0.25) is 0 Å². The van der Waals surface area contributed by atoms with Crippen molar-refractivity contribution >= 4 is 21.5 Å². The number of hydrogen-bond donors (Lipinski definition) is 1. The quantitative estimate of drug-likeness (QED) is 0.544. The maximum atomic E-state index is 12.8. The predicted octanol–water partition coefficient (Wildman–Crippen LogP) is 4.82. The fraction of sp³-hybridized carbons (Fsp3) is 0.421. The van der Waals surface area contributed by atoms with E-state index < -0.39 is 21.5 Å². The molecule has 0 aliphatic heterocycles. The van der Waals surface area contributed by atoms with Crippen molar-refractivity contribution in [1.29, 1.82) is 0 Å². The summed E-state index contributed by atoms with van der Waals surface area (Å²) in [5.41, 5.74) is -2.89. The maximum Gasteiger partial charge on any atom is 0.534 e. The fourth-order valence-corrected chi connectivity index (χ4v) is 4.64. The molecule has 1 heterocycles. The van der Waals surface area contributed by atoms with E-state index in [1.54, 1.807) is 25.3 Å². The maximum absolute atomic E-state index is 12.8. The zero-order valence-corrected chi connectivity index (χ0v) is 16.3. The van der Waals surface area contributed by atoms with Gasteiger partial charge >= 0.3 is 15.6 Å². The Morgan fingerprint density at radius 3 is 2.38 bits per heavy atom. The number of nitrogens with one attached hydrogen (secondary N) is 1. The standard InChI is InChI=1S/C19H19F3N2O4S/c1-27-14-4-2-3-13(9-14)24-15-10-23-18(28-29(25,26)19(20,21)22)17-12-7-5-11(6-8-12)16(15)17/h2-4,9-12,24H,5-8H2,1H3.